The first-order valence-electron chi connectivity index (χ1n) is 9.86. The molecule has 0 bridgehead atoms. The summed E-state index contributed by atoms with van der Waals surface area (Å²) in [6, 6.07) is 14.3. The average Bonchev–Trinajstić information content (AvgIpc) is 2.74. The van der Waals surface area contributed by atoms with E-state index in [1.54, 1.807) is 0 Å². The fourth-order valence-corrected chi connectivity index (χ4v) is 3.44. The van der Waals surface area contributed by atoms with Crippen LogP contribution in [0.1, 0.15) is 25.8 Å². The van der Waals surface area contributed by atoms with E-state index in [9.17, 15) is 4.79 Å². The molecule has 1 aromatic carbocycles. The third-order valence-corrected chi connectivity index (χ3v) is 5.15. The summed E-state index contributed by atoms with van der Waals surface area (Å²) in [5.41, 5.74) is 1.22. The highest BCUT2D eigenvalue weighted by molar-refractivity contribution is 5.76. The molecule has 1 aromatic heterocycles. The summed E-state index contributed by atoms with van der Waals surface area (Å²) >= 11 is 0. The maximum Gasteiger partial charge on any atom is 0.223 e. The Balaban J connectivity index is 1.49. The van der Waals surface area contributed by atoms with Crippen molar-refractivity contribution in [1.82, 2.24) is 15.1 Å². The second kappa shape index (κ2) is 9.35. The molecule has 0 aliphatic carbocycles. The highest BCUT2D eigenvalue weighted by atomic mass is 16.2. The van der Waals surface area contributed by atoms with E-state index in [0.717, 1.165) is 57.3 Å². The van der Waals surface area contributed by atoms with Gasteiger partial charge in [0.25, 0.3) is 0 Å². The zero-order valence-electron chi connectivity index (χ0n) is 16.3. The molecule has 0 saturated carbocycles. The van der Waals surface area contributed by atoms with Crippen LogP contribution in [0.5, 0.6) is 0 Å². The fraction of sp³-hybridized carbons (Fsp3) is 0.476. The molecule has 0 N–H and O–H groups in total. The Labute approximate surface area is 161 Å². The van der Waals surface area contributed by atoms with Crippen LogP contribution in [0.15, 0.2) is 42.5 Å². The predicted octanol–water partition coefficient (Wildman–Crippen LogP) is 2.60. The van der Waals surface area contributed by atoms with E-state index in [0.29, 0.717) is 6.42 Å². The van der Waals surface area contributed by atoms with Crippen molar-refractivity contribution in [2.24, 2.45) is 0 Å². The quantitative estimate of drug-likeness (QED) is 0.753. The van der Waals surface area contributed by atoms with E-state index in [4.69, 9.17) is 0 Å². The van der Waals surface area contributed by atoms with Crippen LogP contribution >= 0.6 is 0 Å². The summed E-state index contributed by atoms with van der Waals surface area (Å²) in [4.78, 5) is 18.8. The molecular formula is C21H29N5O. The highest BCUT2D eigenvalue weighted by Gasteiger charge is 2.22. The van der Waals surface area contributed by atoms with Crippen LogP contribution in [-0.4, -0.2) is 60.3 Å². The number of amides is 1. The maximum atomic E-state index is 12.5. The van der Waals surface area contributed by atoms with Gasteiger partial charge in [0, 0.05) is 45.7 Å². The van der Waals surface area contributed by atoms with Gasteiger partial charge in [-0.15, -0.1) is 10.2 Å². The number of aromatic nitrogens is 2. The van der Waals surface area contributed by atoms with E-state index in [1.165, 1.54) is 5.56 Å². The zero-order valence-corrected chi connectivity index (χ0v) is 16.3. The van der Waals surface area contributed by atoms with Crippen LogP contribution in [0.2, 0.25) is 0 Å². The number of anilines is 2. The number of carbonyl (C=O) groups is 1. The minimum Gasteiger partial charge on any atom is -0.356 e. The van der Waals surface area contributed by atoms with Crippen LogP contribution < -0.4 is 9.80 Å². The fourth-order valence-electron chi connectivity index (χ4n) is 3.44. The minimum absolute atomic E-state index is 0.237. The van der Waals surface area contributed by atoms with Crippen molar-refractivity contribution in [3.8, 4) is 0 Å². The van der Waals surface area contributed by atoms with Gasteiger partial charge >= 0.3 is 0 Å². The number of benzene rings is 1. The van der Waals surface area contributed by atoms with Gasteiger partial charge in [-0.05, 0) is 38.0 Å². The van der Waals surface area contributed by atoms with Gasteiger partial charge in [0.2, 0.25) is 5.91 Å². The molecule has 0 atom stereocenters. The molecule has 1 fully saturated rings. The number of rotatable bonds is 7. The van der Waals surface area contributed by atoms with Crippen LogP contribution in [0.25, 0.3) is 0 Å². The number of hydrogen-bond donors (Lipinski definition) is 0. The Morgan fingerprint density at radius 2 is 1.67 bits per heavy atom. The van der Waals surface area contributed by atoms with E-state index in [2.05, 4.69) is 46.0 Å². The first kappa shape index (κ1) is 19.1. The summed E-state index contributed by atoms with van der Waals surface area (Å²) in [6.45, 7) is 9.18. The summed E-state index contributed by atoms with van der Waals surface area (Å²) in [5.74, 6) is 2.04. The van der Waals surface area contributed by atoms with Crippen molar-refractivity contribution in [3.05, 3.63) is 48.0 Å². The summed E-state index contributed by atoms with van der Waals surface area (Å²) in [7, 11) is 0. The molecule has 27 heavy (non-hydrogen) atoms. The molecule has 2 heterocycles. The number of carbonyl (C=O) groups excluding carboxylic acids is 1. The van der Waals surface area contributed by atoms with Gasteiger partial charge in [-0.1, -0.05) is 30.3 Å². The van der Waals surface area contributed by atoms with E-state index in [1.807, 2.05) is 35.2 Å². The lowest BCUT2D eigenvalue weighted by atomic mass is 10.1. The van der Waals surface area contributed by atoms with E-state index in [-0.39, 0.29) is 5.91 Å². The molecular weight excluding hydrogens is 338 g/mol. The van der Waals surface area contributed by atoms with Crippen LogP contribution in [-0.2, 0) is 11.2 Å². The van der Waals surface area contributed by atoms with Crippen molar-refractivity contribution < 1.29 is 4.79 Å². The third kappa shape index (κ3) is 4.96. The van der Waals surface area contributed by atoms with Crippen molar-refractivity contribution in [1.29, 1.82) is 0 Å². The Bertz CT molecular complexity index is 707. The van der Waals surface area contributed by atoms with Gasteiger partial charge in [-0.2, -0.15) is 0 Å². The van der Waals surface area contributed by atoms with Gasteiger partial charge in [0.15, 0.2) is 11.6 Å². The second-order valence-corrected chi connectivity index (χ2v) is 6.78. The monoisotopic (exact) mass is 367 g/mol. The summed E-state index contributed by atoms with van der Waals surface area (Å²) in [6.07, 6.45) is 1.38. The van der Waals surface area contributed by atoms with Crippen LogP contribution in [0, 0.1) is 0 Å². The molecule has 3 rings (SSSR count). The first-order valence-corrected chi connectivity index (χ1v) is 9.86. The number of aryl methyl sites for hydroxylation is 1. The molecule has 0 radical (unpaired) electrons. The molecule has 1 amide bonds. The Kier molecular flexibility index (Phi) is 6.63. The van der Waals surface area contributed by atoms with Crippen LogP contribution in [0.3, 0.4) is 0 Å². The molecule has 144 valence electrons. The van der Waals surface area contributed by atoms with Crippen molar-refractivity contribution in [2.45, 2.75) is 26.7 Å². The Morgan fingerprint density at radius 3 is 2.26 bits per heavy atom. The first-order chi connectivity index (χ1) is 13.2. The number of piperazine rings is 1. The standard InChI is InChI=1S/C21H29N5O/c1-3-24(4-2)19-11-12-20(23-22-19)25-14-16-26(17-15-25)21(27)13-10-18-8-6-5-7-9-18/h5-9,11-12H,3-4,10,13-17H2,1-2H3. The Morgan fingerprint density at radius 1 is 0.963 bits per heavy atom. The maximum absolute atomic E-state index is 12.5. The number of nitrogens with zero attached hydrogens (tertiary/aromatic N) is 5. The average molecular weight is 367 g/mol. The van der Waals surface area contributed by atoms with E-state index >= 15 is 0 Å². The second-order valence-electron chi connectivity index (χ2n) is 6.78. The minimum atomic E-state index is 0.237. The summed E-state index contributed by atoms with van der Waals surface area (Å²) in [5, 5.41) is 8.76. The Hall–Kier alpha value is -2.63. The molecule has 0 spiro atoms. The molecule has 6 nitrogen and oxygen atoms in total. The van der Waals surface area contributed by atoms with Crippen LogP contribution in [0.4, 0.5) is 11.6 Å². The van der Waals surface area contributed by atoms with Gasteiger partial charge < -0.3 is 14.7 Å². The molecule has 1 aliphatic rings. The predicted molar refractivity (Wildman–Crippen MR) is 109 cm³/mol. The highest BCUT2D eigenvalue weighted by Crippen LogP contribution is 2.17. The smallest absolute Gasteiger partial charge is 0.223 e. The molecule has 1 aliphatic heterocycles. The zero-order chi connectivity index (χ0) is 19.1. The lowest BCUT2D eigenvalue weighted by Crippen LogP contribution is -2.49. The molecule has 2 aromatic rings. The molecule has 6 heteroatoms. The molecule has 0 unspecified atom stereocenters. The largest absolute Gasteiger partial charge is 0.356 e. The summed E-state index contributed by atoms with van der Waals surface area (Å²) < 4.78 is 0. The lowest BCUT2D eigenvalue weighted by molar-refractivity contribution is -0.131. The number of hydrogen-bond acceptors (Lipinski definition) is 5. The van der Waals surface area contributed by atoms with Gasteiger partial charge in [-0.25, -0.2) is 0 Å². The van der Waals surface area contributed by atoms with Crippen molar-refractivity contribution >= 4 is 17.5 Å². The lowest BCUT2D eigenvalue weighted by Gasteiger charge is -2.35. The van der Waals surface area contributed by atoms with Gasteiger partial charge in [0.05, 0.1) is 0 Å². The molecule has 1 saturated heterocycles. The van der Waals surface area contributed by atoms with Gasteiger partial charge in [-0.3, -0.25) is 4.79 Å². The topological polar surface area (TPSA) is 52.6 Å². The normalized spacial score (nSPS) is 14.3. The third-order valence-electron chi connectivity index (χ3n) is 5.15. The van der Waals surface area contributed by atoms with Gasteiger partial charge in [0.1, 0.15) is 0 Å². The van der Waals surface area contributed by atoms with Crippen molar-refractivity contribution in [3.63, 3.8) is 0 Å². The SMILES string of the molecule is CCN(CC)c1ccc(N2CCN(C(=O)CCc3ccccc3)CC2)nn1. The van der Waals surface area contributed by atoms with E-state index < -0.39 is 0 Å². The van der Waals surface area contributed by atoms with Crippen molar-refractivity contribution in [2.75, 3.05) is 49.1 Å².